The average molecular weight is 374 g/mol. The van der Waals surface area contributed by atoms with Crippen LogP contribution in [0.2, 0.25) is 0 Å². The first-order chi connectivity index (χ1) is 12.7. The predicted molar refractivity (Wildman–Crippen MR) is 97.2 cm³/mol. The van der Waals surface area contributed by atoms with Crippen molar-refractivity contribution in [3.8, 4) is 5.69 Å². The van der Waals surface area contributed by atoms with Crippen molar-refractivity contribution in [3.05, 3.63) is 71.9 Å². The van der Waals surface area contributed by atoms with Gasteiger partial charge in [-0.15, -0.1) is 0 Å². The molecule has 7 heteroatoms. The fourth-order valence-corrected chi connectivity index (χ4v) is 2.92. The summed E-state index contributed by atoms with van der Waals surface area (Å²) >= 11 is 0. The minimum atomic E-state index is -4.39. The highest BCUT2D eigenvalue weighted by molar-refractivity contribution is 6.18. The Balaban J connectivity index is 2.13. The summed E-state index contributed by atoms with van der Waals surface area (Å²) in [6, 6.07) is 10.2. The van der Waals surface area contributed by atoms with Crippen LogP contribution in [0, 0.1) is 0 Å². The number of aromatic nitrogens is 1. The van der Waals surface area contributed by atoms with Gasteiger partial charge in [0, 0.05) is 35.5 Å². The number of alkyl halides is 3. The van der Waals surface area contributed by atoms with Crippen molar-refractivity contribution in [2.75, 3.05) is 7.11 Å². The fourth-order valence-electron chi connectivity index (χ4n) is 2.92. The molecule has 0 saturated heterocycles. The number of amides is 1. The SMILES string of the molecule is C=C(C(N)=O)c1ccc2c(c1)c(COC)cn2-c1ccc(C(F)(F)F)cc1. The minimum absolute atomic E-state index is 0.183. The summed E-state index contributed by atoms with van der Waals surface area (Å²) in [5.74, 6) is -0.621. The maximum atomic E-state index is 12.8. The van der Waals surface area contributed by atoms with Crippen molar-refractivity contribution in [3.63, 3.8) is 0 Å². The zero-order valence-corrected chi connectivity index (χ0v) is 14.5. The lowest BCUT2D eigenvalue weighted by Gasteiger charge is -2.10. The van der Waals surface area contributed by atoms with Gasteiger partial charge < -0.3 is 15.0 Å². The molecule has 140 valence electrons. The molecule has 27 heavy (non-hydrogen) atoms. The van der Waals surface area contributed by atoms with E-state index in [1.165, 1.54) is 12.1 Å². The molecular formula is C20H17F3N2O2. The zero-order valence-electron chi connectivity index (χ0n) is 14.5. The number of rotatable bonds is 5. The highest BCUT2D eigenvalue weighted by Gasteiger charge is 2.30. The van der Waals surface area contributed by atoms with E-state index in [-0.39, 0.29) is 5.57 Å². The second kappa shape index (κ2) is 6.92. The van der Waals surface area contributed by atoms with Gasteiger partial charge in [0.25, 0.3) is 0 Å². The van der Waals surface area contributed by atoms with Gasteiger partial charge in [-0.1, -0.05) is 12.6 Å². The summed E-state index contributed by atoms with van der Waals surface area (Å²) in [5.41, 5.74) is 7.52. The molecule has 0 unspecified atom stereocenters. The summed E-state index contributed by atoms with van der Waals surface area (Å²) in [6.07, 6.45) is -2.59. The van der Waals surface area contributed by atoms with Gasteiger partial charge in [0.1, 0.15) is 0 Å². The third kappa shape index (κ3) is 3.59. The maximum absolute atomic E-state index is 12.8. The molecule has 0 spiro atoms. The van der Waals surface area contributed by atoms with E-state index in [0.717, 1.165) is 28.6 Å². The van der Waals surface area contributed by atoms with E-state index in [9.17, 15) is 18.0 Å². The molecule has 0 bridgehead atoms. The molecule has 4 nitrogen and oxygen atoms in total. The Morgan fingerprint density at radius 2 is 1.85 bits per heavy atom. The van der Waals surface area contributed by atoms with Crippen molar-refractivity contribution in [2.24, 2.45) is 5.73 Å². The van der Waals surface area contributed by atoms with Gasteiger partial charge in [-0.3, -0.25) is 4.79 Å². The molecule has 1 amide bonds. The van der Waals surface area contributed by atoms with E-state index in [4.69, 9.17) is 10.5 Å². The smallest absolute Gasteiger partial charge is 0.380 e. The van der Waals surface area contributed by atoms with Gasteiger partial charge in [-0.25, -0.2) is 0 Å². The van der Waals surface area contributed by atoms with Crippen molar-refractivity contribution in [1.82, 2.24) is 4.57 Å². The second-order valence-corrected chi connectivity index (χ2v) is 6.08. The molecule has 2 N–H and O–H groups in total. The number of nitrogens with two attached hydrogens (primary N) is 1. The summed E-state index contributed by atoms with van der Waals surface area (Å²) in [6.45, 7) is 3.99. The molecule has 2 aromatic carbocycles. The van der Waals surface area contributed by atoms with Crippen molar-refractivity contribution < 1.29 is 22.7 Å². The Morgan fingerprint density at radius 1 is 1.19 bits per heavy atom. The Morgan fingerprint density at radius 3 is 2.41 bits per heavy atom. The number of fused-ring (bicyclic) bond motifs is 1. The molecule has 0 aliphatic heterocycles. The maximum Gasteiger partial charge on any atom is 0.416 e. The Bertz CT molecular complexity index is 1020. The number of halogens is 3. The molecular weight excluding hydrogens is 357 g/mol. The number of methoxy groups -OCH3 is 1. The number of benzene rings is 2. The lowest BCUT2D eigenvalue weighted by molar-refractivity contribution is -0.137. The Hall–Kier alpha value is -3.06. The Labute approximate surface area is 153 Å². The van der Waals surface area contributed by atoms with Crippen LogP contribution < -0.4 is 5.73 Å². The van der Waals surface area contributed by atoms with Gasteiger partial charge in [0.15, 0.2) is 0 Å². The second-order valence-electron chi connectivity index (χ2n) is 6.08. The monoisotopic (exact) mass is 374 g/mol. The lowest BCUT2D eigenvalue weighted by Crippen LogP contribution is -2.11. The van der Waals surface area contributed by atoms with Crippen molar-refractivity contribution >= 4 is 22.4 Å². The first kappa shape index (κ1) is 18.7. The van der Waals surface area contributed by atoms with E-state index in [1.54, 1.807) is 36.1 Å². The van der Waals surface area contributed by atoms with Crippen LogP contribution in [-0.4, -0.2) is 17.6 Å². The summed E-state index contributed by atoms with van der Waals surface area (Å²) < 4.78 is 45.4. The topological polar surface area (TPSA) is 57.3 Å². The van der Waals surface area contributed by atoms with E-state index < -0.39 is 17.6 Å². The number of ether oxygens (including phenoxy) is 1. The molecule has 1 aromatic heterocycles. The predicted octanol–water partition coefficient (Wildman–Crippen LogP) is 4.29. The van der Waals surface area contributed by atoms with E-state index in [0.29, 0.717) is 17.9 Å². The molecule has 0 aliphatic rings. The number of hydrogen-bond acceptors (Lipinski definition) is 2. The Kier molecular flexibility index (Phi) is 4.80. The van der Waals surface area contributed by atoms with Crippen LogP contribution in [-0.2, 0) is 22.3 Å². The van der Waals surface area contributed by atoms with Crippen LogP contribution in [0.15, 0.2) is 55.2 Å². The largest absolute Gasteiger partial charge is 0.416 e. The van der Waals surface area contributed by atoms with Crippen molar-refractivity contribution in [1.29, 1.82) is 0 Å². The minimum Gasteiger partial charge on any atom is -0.380 e. The molecule has 0 saturated carbocycles. The summed E-state index contributed by atoms with van der Waals surface area (Å²) in [7, 11) is 1.55. The molecule has 0 fully saturated rings. The van der Waals surface area contributed by atoms with Gasteiger partial charge in [-0.05, 0) is 42.0 Å². The van der Waals surface area contributed by atoms with Gasteiger partial charge in [-0.2, -0.15) is 13.2 Å². The number of nitrogens with zero attached hydrogens (tertiary/aromatic N) is 1. The first-order valence-corrected chi connectivity index (χ1v) is 8.02. The highest BCUT2D eigenvalue weighted by atomic mass is 19.4. The number of primary amides is 1. The summed E-state index contributed by atoms with van der Waals surface area (Å²) in [4.78, 5) is 11.4. The van der Waals surface area contributed by atoms with E-state index >= 15 is 0 Å². The quantitative estimate of drug-likeness (QED) is 0.677. The van der Waals surface area contributed by atoms with Gasteiger partial charge in [0.2, 0.25) is 5.91 Å². The number of carbonyl (C=O) groups excluding carboxylic acids is 1. The molecule has 0 radical (unpaired) electrons. The third-order valence-electron chi connectivity index (χ3n) is 4.31. The van der Waals surface area contributed by atoms with Gasteiger partial charge >= 0.3 is 6.18 Å². The molecule has 3 rings (SSSR count). The first-order valence-electron chi connectivity index (χ1n) is 8.02. The molecule has 3 aromatic rings. The van der Waals surface area contributed by atoms with Crippen LogP contribution in [0.25, 0.3) is 22.2 Å². The lowest BCUT2D eigenvalue weighted by atomic mass is 10.0. The molecule has 0 aliphatic carbocycles. The average Bonchev–Trinajstić information content (AvgIpc) is 2.98. The number of carbonyl (C=O) groups is 1. The van der Waals surface area contributed by atoms with Gasteiger partial charge in [0.05, 0.1) is 17.7 Å². The van der Waals surface area contributed by atoms with Crippen molar-refractivity contribution in [2.45, 2.75) is 12.8 Å². The van der Waals surface area contributed by atoms with Crippen LogP contribution in [0.4, 0.5) is 13.2 Å². The van der Waals surface area contributed by atoms with E-state index in [2.05, 4.69) is 6.58 Å². The standard InChI is InChI=1S/C20H17F3N2O2/c1-12(19(24)26)13-3-8-18-17(9-13)14(11-27-2)10-25(18)16-6-4-15(5-7-16)20(21,22)23/h3-10H,1,11H2,2H3,(H2,24,26). The summed E-state index contributed by atoms with van der Waals surface area (Å²) in [5, 5.41) is 0.802. The normalized spacial score (nSPS) is 11.7. The van der Waals surface area contributed by atoms with Crippen LogP contribution in [0.1, 0.15) is 16.7 Å². The fraction of sp³-hybridized carbons (Fsp3) is 0.150. The van der Waals surface area contributed by atoms with Crippen LogP contribution in [0.3, 0.4) is 0 Å². The zero-order chi connectivity index (χ0) is 19.8. The third-order valence-corrected chi connectivity index (χ3v) is 4.31. The van der Waals surface area contributed by atoms with E-state index in [1.807, 2.05) is 0 Å². The number of hydrogen-bond donors (Lipinski definition) is 1. The highest BCUT2D eigenvalue weighted by Crippen LogP contribution is 2.32. The van der Waals surface area contributed by atoms with Crippen LogP contribution in [0.5, 0.6) is 0 Å². The molecule has 0 atom stereocenters. The molecule has 1 heterocycles. The van der Waals surface area contributed by atoms with Crippen LogP contribution >= 0.6 is 0 Å².